The Balaban J connectivity index is 1.95. The second-order valence-corrected chi connectivity index (χ2v) is 4.75. The van der Waals surface area contributed by atoms with E-state index in [1.54, 1.807) is 0 Å². The molecule has 0 saturated heterocycles. The predicted octanol–water partition coefficient (Wildman–Crippen LogP) is 3.49. The minimum atomic E-state index is -0.211. The summed E-state index contributed by atoms with van der Waals surface area (Å²) in [6, 6.07) is 16.9. The molecule has 0 bridgehead atoms. The molecule has 0 unspecified atom stereocenters. The average Bonchev–Trinajstić information content (AvgIpc) is 2.91. The zero-order valence-electron chi connectivity index (χ0n) is 11.2. The summed E-state index contributed by atoms with van der Waals surface area (Å²) in [6.45, 7) is 0.210. The van der Waals surface area contributed by atoms with E-state index < -0.39 is 0 Å². The molecule has 0 atom stereocenters. The van der Waals surface area contributed by atoms with Crippen LogP contribution in [0.15, 0.2) is 54.6 Å². The number of carbonyl (C=O) groups excluding carboxylic acids is 1. The molecule has 0 aliphatic heterocycles. The lowest BCUT2D eigenvalue weighted by atomic mass is 10.3. The molecule has 0 N–H and O–H groups in total. The molecule has 21 heavy (non-hydrogen) atoms. The van der Waals surface area contributed by atoms with Crippen molar-refractivity contribution in [1.29, 1.82) is 0 Å². The predicted molar refractivity (Wildman–Crippen MR) is 81.9 cm³/mol. The third kappa shape index (κ3) is 2.76. The molecule has 0 aliphatic rings. The maximum absolute atomic E-state index is 12.1. The lowest BCUT2D eigenvalue weighted by Gasteiger charge is -2.08. The fourth-order valence-electron chi connectivity index (χ4n) is 2.18. The molecule has 106 valence electrons. The topological polar surface area (TPSA) is 44.1 Å². The van der Waals surface area contributed by atoms with Crippen molar-refractivity contribution in [2.24, 2.45) is 0 Å². The Morgan fingerprint density at radius 3 is 2.57 bits per heavy atom. The van der Waals surface area contributed by atoms with E-state index in [2.05, 4.69) is 4.98 Å². The number of nitrogens with zero attached hydrogens (tertiary/aromatic N) is 2. The van der Waals surface area contributed by atoms with Crippen molar-refractivity contribution >= 4 is 28.5 Å². The molecule has 1 aromatic heterocycles. The summed E-state index contributed by atoms with van der Waals surface area (Å²) < 4.78 is 7.20. The van der Waals surface area contributed by atoms with Crippen LogP contribution in [0.3, 0.4) is 0 Å². The van der Waals surface area contributed by atoms with Gasteiger partial charge in [-0.1, -0.05) is 30.3 Å². The molecule has 2 aromatic carbocycles. The van der Waals surface area contributed by atoms with Gasteiger partial charge in [-0.2, -0.15) is 0 Å². The smallest absolute Gasteiger partial charge is 0.247 e. The van der Waals surface area contributed by atoms with Crippen molar-refractivity contribution in [3.05, 3.63) is 60.4 Å². The fourth-order valence-corrected chi connectivity index (χ4v) is 2.29. The van der Waals surface area contributed by atoms with E-state index in [0.29, 0.717) is 5.82 Å². The number of carbonyl (C=O) groups is 1. The fraction of sp³-hybridized carbons (Fsp3) is 0.125. The van der Waals surface area contributed by atoms with Gasteiger partial charge in [0, 0.05) is 0 Å². The first-order valence-electron chi connectivity index (χ1n) is 6.53. The van der Waals surface area contributed by atoms with Gasteiger partial charge in [0.25, 0.3) is 0 Å². The quantitative estimate of drug-likeness (QED) is 0.693. The van der Waals surface area contributed by atoms with Crippen LogP contribution in [0.4, 0.5) is 0 Å². The van der Waals surface area contributed by atoms with Gasteiger partial charge in [0.15, 0.2) is 5.82 Å². The number of hydrogen-bond acceptors (Lipinski definition) is 3. The number of hydrogen-bond donors (Lipinski definition) is 0. The van der Waals surface area contributed by atoms with E-state index in [-0.39, 0.29) is 18.4 Å². The van der Waals surface area contributed by atoms with Crippen LogP contribution in [0, 0.1) is 0 Å². The molecule has 3 rings (SSSR count). The van der Waals surface area contributed by atoms with Gasteiger partial charge in [-0.15, -0.1) is 11.6 Å². The molecular weight excluding hydrogens is 288 g/mol. The summed E-state index contributed by atoms with van der Waals surface area (Å²) in [5.41, 5.74) is 1.50. The highest BCUT2D eigenvalue weighted by Gasteiger charge is 2.16. The van der Waals surface area contributed by atoms with E-state index in [9.17, 15) is 4.79 Å². The van der Waals surface area contributed by atoms with Crippen molar-refractivity contribution in [2.45, 2.75) is 6.61 Å². The van der Waals surface area contributed by atoms with Crippen molar-refractivity contribution in [3.8, 4) is 5.75 Å². The van der Waals surface area contributed by atoms with E-state index in [0.717, 1.165) is 16.8 Å². The van der Waals surface area contributed by atoms with Crippen LogP contribution < -0.4 is 4.74 Å². The van der Waals surface area contributed by atoms with E-state index in [1.807, 2.05) is 54.6 Å². The first-order chi connectivity index (χ1) is 10.3. The zero-order chi connectivity index (χ0) is 14.7. The first-order valence-corrected chi connectivity index (χ1v) is 7.06. The molecular formula is C16H13ClN2O2. The monoisotopic (exact) mass is 300 g/mol. The number of imidazole rings is 1. The zero-order valence-corrected chi connectivity index (χ0v) is 12.0. The van der Waals surface area contributed by atoms with Gasteiger partial charge in [0.1, 0.15) is 18.2 Å². The Kier molecular flexibility index (Phi) is 3.88. The van der Waals surface area contributed by atoms with Gasteiger partial charge in [0.2, 0.25) is 5.91 Å². The van der Waals surface area contributed by atoms with Crippen LogP contribution in [0.2, 0.25) is 0 Å². The van der Waals surface area contributed by atoms with Crippen molar-refractivity contribution < 1.29 is 9.53 Å². The van der Waals surface area contributed by atoms with Gasteiger partial charge in [-0.3, -0.25) is 9.36 Å². The minimum Gasteiger partial charge on any atom is -0.486 e. The first kappa shape index (κ1) is 13.6. The number of aromatic nitrogens is 2. The third-order valence-electron chi connectivity index (χ3n) is 3.11. The van der Waals surface area contributed by atoms with Crippen LogP contribution in [-0.2, 0) is 6.61 Å². The Morgan fingerprint density at radius 1 is 1.10 bits per heavy atom. The summed E-state index contributed by atoms with van der Waals surface area (Å²) in [6.07, 6.45) is 0. The minimum absolute atomic E-state index is 0.0985. The summed E-state index contributed by atoms with van der Waals surface area (Å²) in [5, 5.41) is 0. The summed E-state index contributed by atoms with van der Waals surface area (Å²) in [7, 11) is 0. The number of halogens is 1. The molecule has 0 fully saturated rings. The van der Waals surface area contributed by atoms with E-state index in [4.69, 9.17) is 16.3 Å². The molecule has 5 heteroatoms. The number of rotatable bonds is 4. The maximum Gasteiger partial charge on any atom is 0.247 e. The van der Waals surface area contributed by atoms with Crippen molar-refractivity contribution in [3.63, 3.8) is 0 Å². The number of alkyl halides is 1. The number of para-hydroxylation sites is 3. The van der Waals surface area contributed by atoms with Gasteiger partial charge in [-0.05, 0) is 24.3 Å². The van der Waals surface area contributed by atoms with Gasteiger partial charge in [-0.25, -0.2) is 4.98 Å². The van der Waals surface area contributed by atoms with Crippen molar-refractivity contribution in [2.75, 3.05) is 5.88 Å². The highest BCUT2D eigenvalue weighted by atomic mass is 35.5. The molecule has 0 spiro atoms. The van der Waals surface area contributed by atoms with Crippen LogP contribution in [0.1, 0.15) is 10.6 Å². The maximum atomic E-state index is 12.1. The molecule has 0 saturated carbocycles. The highest BCUT2D eigenvalue weighted by Crippen LogP contribution is 2.18. The molecule has 0 amide bonds. The summed E-state index contributed by atoms with van der Waals surface area (Å²) in [5.74, 6) is 0.968. The number of benzene rings is 2. The number of fused-ring (bicyclic) bond motifs is 1. The van der Waals surface area contributed by atoms with Crippen molar-refractivity contribution in [1.82, 2.24) is 9.55 Å². The third-order valence-corrected chi connectivity index (χ3v) is 3.33. The molecule has 0 radical (unpaired) electrons. The van der Waals surface area contributed by atoms with E-state index >= 15 is 0 Å². The Hall–Kier alpha value is -2.33. The Bertz CT molecular complexity index is 768. The SMILES string of the molecule is O=C(CCl)n1c(COc2ccccc2)nc2ccccc21. The Morgan fingerprint density at radius 2 is 1.81 bits per heavy atom. The lowest BCUT2D eigenvalue weighted by molar-refractivity contribution is 0.0936. The molecule has 4 nitrogen and oxygen atoms in total. The lowest BCUT2D eigenvalue weighted by Crippen LogP contribution is -2.16. The average molecular weight is 301 g/mol. The van der Waals surface area contributed by atoms with Crippen LogP contribution >= 0.6 is 11.6 Å². The normalized spacial score (nSPS) is 10.7. The van der Waals surface area contributed by atoms with Gasteiger partial charge < -0.3 is 4.74 Å². The van der Waals surface area contributed by atoms with Gasteiger partial charge >= 0.3 is 0 Å². The second kappa shape index (κ2) is 5.97. The molecule has 0 aliphatic carbocycles. The van der Waals surface area contributed by atoms with E-state index in [1.165, 1.54) is 4.57 Å². The highest BCUT2D eigenvalue weighted by molar-refractivity contribution is 6.28. The molecule has 1 heterocycles. The van der Waals surface area contributed by atoms with Crippen LogP contribution in [0.25, 0.3) is 11.0 Å². The standard InChI is InChI=1S/C16H13ClN2O2/c17-10-16(20)19-14-9-5-4-8-13(14)18-15(19)11-21-12-6-2-1-3-7-12/h1-9H,10-11H2. The van der Waals surface area contributed by atoms with Crippen LogP contribution in [-0.4, -0.2) is 21.3 Å². The van der Waals surface area contributed by atoms with Crippen LogP contribution in [0.5, 0.6) is 5.75 Å². The largest absolute Gasteiger partial charge is 0.486 e. The summed E-state index contributed by atoms with van der Waals surface area (Å²) in [4.78, 5) is 16.5. The Labute approximate surface area is 126 Å². The molecule has 3 aromatic rings. The number of ether oxygens (including phenoxy) is 1. The summed E-state index contributed by atoms with van der Waals surface area (Å²) >= 11 is 5.69. The second-order valence-electron chi connectivity index (χ2n) is 4.48. The van der Waals surface area contributed by atoms with Gasteiger partial charge in [0.05, 0.1) is 11.0 Å².